The molecule has 2 heterocycles. The van der Waals surface area contributed by atoms with Crippen molar-refractivity contribution in [2.45, 2.75) is 25.8 Å². The zero-order valence-electron chi connectivity index (χ0n) is 11.3. The fourth-order valence-electron chi connectivity index (χ4n) is 2.04. The Labute approximate surface area is 116 Å². The van der Waals surface area contributed by atoms with Gasteiger partial charge in [-0.15, -0.1) is 0 Å². The van der Waals surface area contributed by atoms with Crippen LogP contribution in [0, 0.1) is 0 Å². The molecule has 0 bridgehead atoms. The number of ether oxygens (including phenoxy) is 1. The van der Waals surface area contributed by atoms with Gasteiger partial charge in [-0.05, 0) is 19.4 Å². The predicted molar refractivity (Wildman–Crippen MR) is 74.3 cm³/mol. The van der Waals surface area contributed by atoms with E-state index in [2.05, 4.69) is 15.6 Å². The Hall–Kier alpha value is -2.31. The third-order valence-corrected chi connectivity index (χ3v) is 3.01. The third-order valence-electron chi connectivity index (χ3n) is 3.01. The Bertz CT molecular complexity index is 518. The lowest BCUT2D eigenvalue weighted by molar-refractivity contribution is -0.119. The van der Waals surface area contributed by atoms with E-state index in [1.807, 2.05) is 0 Å². The maximum Gasteiger partial charge on any atom is 0.341 e. The Kier molecular flexibility index (Phi) is 4.39. The molecule has 7 heteroatoms. The van der Waals surface area contributed by atoms with Crippen molar-refractivity contribution in [2.24, 2.45) is 0 Å². The van der Waals surface area contributed by atoms with E-state index in [0.717, 1.165) is 6.42 Å². The van der Waals surface area contributed by atoms with Gasteiger partial charge in [-0.1, -0.05) is 0 Å². The molecule has 1 aliphatic rings. The summed E-state index contributed by atoms with van der Waals surface area (Å²) in [6.45, 7) is 2.53. The molecule has 20 heavy (non-hydrogen) atoms. The predicted octanol–water partition coefficient (Wildman–Crippen LogP) is 0.531. The number of nitrogens with one attached hydrogen (secondary N) is 2. The Morgan fingerprint density at radius 2 is 2.45 bits per heavy atom. The summed E-state index contributed by atoms with van der Waals surface area (Å²) in [4.78, 5) is 27.1. The van der Waals surface area contributed by atoms with Gasteiger partial charge in [0.15, 0.2) is 0 Å². The number of amides is 1. The van der Waals surface area contributed by atoms with E-state index in [1.54, 1.807) is 6.92 Å². The minimum Gasteiger partial charge on any atom is -0.462 e. The number of carbonyl (C=O) groups is 2. The molecule has 7 nitrogen and oxygen atoms in total. The van der Waals surface area contributed by atoms with Crippen LogP contribution in [0.15, 0.2) is 12.3 Å². The topological polar surface area (TPSA) is 106 Å². The van der Waals surface area contributed by atoms with Crippen molar-refractivity contribution in [3.05, 3.63) is 17.8 Å². The van der Waals surface area contributed by atoms with Crippen LogP contribution >= 0.6 is 0 Å². The molecule has 1 saturated heterocycles. The van der Waals surface area contributed by atoms with Crippen molar-refractivity contribution < 1.29 is 14.3 Å². The molecule has 0 aromatic carbocycles. The van der Waals surface area contributed by atoms with Crippen molar-refractivity contribution in [1.29, 1.82) is 0 Å². The Morgan fingerprint density at radius 3 is 3.10 bits per heavy atom. The summed E-state index contributed by atoms with van der Waals surface area (Å²) in [7, 11) is 0. The number of hydrogen-bond acceptors (Lipinski definition) is 6. The highest BCUT2D eigenvalue weighted by molar-refractivity contribution is 5.95. The maximum atomic E-state index is 11.8. The number of anilines is 2. The quantitative estimate of drug-likeness (QED) is 0.678. The Balaban J connectivity index is 2.06. The van der Waals surface area contributed by atoms with Crippen LogP contribution < -0.4 is 16.4 Å². The standard InChI is InChI=1S/C13H18N4O3/c1-2-20-13(19)10-5-8(14)6-15-12(10)16-7-9-3-4-11(18)17-9/h5-6,9H,2-4,7,14H2,1H3,(H,15,16)(H,17,18). The molecule has 1 fully saturated rings. The molecule has 4 N–H and O–H groups in total. The van der Waals surface area contributed by atoms with Gasteiger partial charge < -0.3 is 21.1 Å². The first-order valence-corrected chi connectivity index (χ1v) is 6.56. The Morgan fingerprint density at radius 1 is 1.65 bits per heavy atom. The molecule has 1 atom stereocenters. The number of pyridine rings is 1. The van der Waals surface area contributed by atoms with Crippen LogP contribution in [-0.4, -0.2) is 36.1 Å². The number of hydrogen-bond donors (Lipinski definition) is 3. The van der Waals surface area contributed by atoms with Gasteiger partial charge in [-0.3, -0.25) is 4.79 Å². The molecule has 1 aromatic rings. The van der Waals surface area contributed by atoms with Crippen LogP contribution in [0.1, 0.15) is 30.1 Å². The summed E-state index contributed by atoms with van der Waals surface area (Å²) < 4.78 is 4.97. The van der Waals surface area contributed by atoms with E-state index in [0.29, 0.717) is 30.0 Å². The van der Waals surface area contributed by atoms with E-state index in [1.165, 1.54) is 12.3 Å². The molecule has 1 unspecified atom stereocenters. The van der Waals surface area contributed by atoms with Gasteiger partial charge in [0.25, 0.3) is 0 Å². The van der Waals surface area contributed by atoms with Crippen LogP contribution in [0.3, 0.4) is 0 Å². The number of nitrogens with two attached hydrogens (primary N) is 1. The largest absolute Gasteiger partial charge is 0.462 e. The van der Waals surface area contributed by atoms with Gasteiger partial charge in [-0.25, -0.2) is 9.78 Å². The summed E-state index contributed by atoms with van der Waals surface area (Å²) in [5.41, 5.74) is 6.34. The summed E-state index contributed by atoms with van der Waals surface area (Å²) in [6, 6.07) is 1.58. The molecule has 0 spiro atoms. The molecule has 0 aliphatic carbocycles. The number of nitrogens with zero attached hydrogens (tertiary/aromatic N) is 1. The molecule has 0 radical (unpaired) electrons. The van der Waals surface area contributed by atoms with Gasteiger partial charge in [0, 0.05) is 19.0 Å². The van der Waals surface area contributed by atoms with E-state index >= 15 is 0 Å². The molecule has 0 saturated carbocycles. The summed E-state index contributed by atoms with van der Waals surface area (Å²) in [6.07, 6.45) is 2.78. The first-order valence-electron chi connectivity index (χ1n) is 6.56. The first kappa shape index (κ1) is 14.1. The summed E-state index contributed by atoms with van der Waals surface area (Å²) >= 11 is 0. The lowest BCUT2D eigenvalue weighted by Crippen LogP contribution is -2.32. The highest BCUT2D eigenvalue weighted by Crippen LogP contribution is 2.17. The SMILES string of the molecule is CCOC(=O)c1cc(N)cnc1NCC1CCC(=O)N1. The van der Waals surface area contributed by atoms with Crippen molar-refractivity contribution in [2.75, 3.05) is 24.2 Å². The zero-order valence-corrected chi connectivity index (χ0v) is 11.3. The average molecular weight is 278 g/mol. The average Bonchev–Trinajstić information content (AvgIpc) is 2.83. The van der Waals surface area contributed by atoms with Gasteiger partial charge in [0.05, 0.1) is 18.5 Å². The lowest BCUT2D eigenvalue weighted by atomic mass is 10.2. The molecular weight excluding hydrogens is 260 g/mol. The van der Waals surface area contributed by atoms with Crippen LogP contribution in [0.25, 0.3) is 0 Å². The van der Waals surface area contributed by atoms with Crippen molar-refractivity contribution >= 4 is 23.4 Å². The van der Waals surface area contributed by atoms with Crippen LogP contribution in [0.5, 0.6) is 0 Å². The molecule has 1 aliphatic heterocycles. The fourth-order valence-corrected chi connectivity index (χ4v) is 2.04. The number of nitrogen functional groups attached to an aromatic ring is 1. The number of esters is 1. The van der Waals surface area contributed by atoms with Crippen molar-refractivity contribution in [1.82, 2.24) is 10.3 Å². The lowest BCUT2D eigenvalue weighted by Gasteiger charge is -2.14. The van der Waals surface area contributed by atoms with Crippen LogP contribution in [-0.2, 0) is 9.53 Å². The van der Waals surface area contributed by atoms with E-state index in [9.17, 15) is 9.59 Å². The third kappa shape index (κ3) is 3.37. The van der Waals surface area contributed by atoms with Crippen LogP contribution in [0.4, 0.5) is 11.5 Å². The van der Waals surface area contributed by atoms with Gasteiger partial charge in [0.2, 0.25) is 5.91 Å². The highest BCUT2D eigenvalue weighted by Gasteiger charge is 2.21. The van der Waals surface area contributed by atoms with Crippen molar-refractivity contribution in [3.8, 4) is 0 Å². The highest BCUT2D eigenvalue weighted by atomic mass is 16.5. The monoisotopic (exact) mass is 278 g/mol. The normalized spacial score (nSPS) is 17.6. The van der Waals surface area contributed by atoms with E-state index in [-0.39, 0.29) is 18.6 Å². The molecular formula is C13H18N4O3. The second-order valence-electron chi connectivity index (χ2n) is 4.57. The summed E-state index contributed by atoms with van der Waals surface area (Å²) in [5, 5.41) is 5.90. The second kappa shape index (κ2) is 6.23. The zero-order chi connectivity index (χ0) is 14.5. The van der Waals surface area contributed by atoms with E-state index < -0.39 is 5.97 Å². The van der Waals surface area contributed by atoms with Gasteiger partial charge in [0.1, 0.15) is 11.4 Å². The smallest absolute Gasteiger partial charge is 0.341 e. The first-order chi connectivity index (χ1) is 9.60. The number of aromatic nitrogens is 1. The minimum absolute atomic E-state index is 0.0488. The number of rotatable bonds is 5. The maximum absolute atomic E-state index is 11.8. The van der Waals surface area contributed by atoms with E-state index in [4.69, 9.17) is 10.5 Å². The molecule has 2 rings (SSSR count). The van der Waals surface area contributed by atoms with Gasteiger partial charge >= 0.3 is 5.97 Å². The molecule has 1 amide bonds. The minimum atomic E-state index is -0.467. The fraction of sp³-hybridized carbons (Fsp3) is 0.462. The van der Waals surface area contributed by atoms with Crippen LogP contribution in [0.2, 0.25) is 0 Å². The molecule has 1 aromatic heterocycles. The van der Waals surface area contributed by atoms with Gasteiger partial charge in [-0.2, -0.15) is 0 Å². The van der Waals surface area contributed by atoms with Crippen molar-refractivity contribution in [3.63, 3.8) is 0 Å². The molecule has 108 valence electrons. The second-order valence-corrected chi connectivity index (χ2v) is 4.57. The summed E-state index contributed by atoms with van der Waals surface area (Å²) in [5.74, 6) is -0.00302. The number of carbonyl (C=O) groups excluding carboxylic acids is 2.